The van der Waals surface area contributed by atoms with Gasteiger partial charge < -0.3 is 5.32 Å². The first-order chi connectivity index (χ1) is 10.6. The molecule has 110 valence electrons. The molecule has 5 nitrogen and oxygen atoms in total. The monoisotopic (exact) mass is 296 g/mol. The highest BCUT2D eigenvalue weighted by Crippen LogP contribution is 2.14. The largest absolute Gasteiger partial charge is 0.320 e. The summed E-state index contributed by atoms with van der Waals surface area (Å²) >= 11 is 0. The Morgan fingerprint density at radius 3 is 2.64 bits per heavy atom. The van der Waals surface area contributed by atoms with Gasteiger partial charge in [-0.3, -0.25) is 9.36 Å². The molecule has 0 radical (unpaired) electrons. The van der Waals surface area contributed by atoms with Gasteiger partial charge in [0.2, 0.25) is 0 Å². The van der Waals surface area contributed by atoms with E-state index in [1.54, 1.807) is 30.6 Å². The quantitative estimate of drug-likeness (QED) is 0.808. The van der Waals surface area contributed by atoms with Gasteiger partial charge in [-0.15, -0.1) is 0 Å². The number of pyridine rings is 1. The smallest absolute Gasteiger partial charge is 0.258 e. The topological polar surface area (TPSA) is 59.8 Å². The van der Waals surface area contributed by atoms with E-state index in [0.29, 0.717) is 11.5 Å². The average molecular weight is 296 g/mol. The molecule has 0 aliphatic rings. The lowest BCUT2D eigenvalue weighted by Gasteiger charge is -2.08. The van der Waals surface area contributed by atoms with Crippen LogP contribution >= 0.6 is 0 Å². The van der Waals surface area contributed by atoms with Crippen molar-refractivity contribution in [2.75, 3.05) is 5.32 Å². The lowest BCUT2D eigenvalue weighted by molar-refractivity contribution is 0.102. The van der Waals surface area contributed by atoms with Crippen molar-refractivity contribution in [3.63, 3.8) is 0 Å². The number of nitrogens with zero attached hydrogens (tertiary/aromatic N) is 3. The second-order valence-corrected chi connectivity index (χ2v) is 4.68. The van der Waals surface area contributed by atoms with Crippen molar-refractivity contribution in [2.24, 2.45) is 0 Å². The Labute approximate surface area is 126 Å². The van der Waals surface area contributed by atoms with Crippen molar-refractivity contribution < 1.29 is 9.18 Å². The highest BCUT2D eigenvalue weighted by molar-refractivity contribution is 6.04. The minimum atomic E-state index is -0.557. The molecule has 0 unspecified atom stereocenters. The zero-order valence-corrected chi connectivity index (χ0v) is 11.8. The number of anilines is 1. The van der Waals surface area contributed by atoms with Crippen LogP contribution in [0.2, 0.25) is 0 Å². The Morgan fingerprint density at radius 2 is 2.00 bits per heavy atom. The molecule has 3 rings (SSSR count). The summed E-state index contributed by atoms with van der Waals surface area (Å²) in [6.45, 7) is 1.87. The lowest BCUT2D eigenvalue weighted by Crippen LogP contribution is -2.14. The van der Waals surface area contributed by atoms with Crippen LogP contribution in [0, 0.1) is 12.7 Å². The molecule has 0 spiro atoms. The Balaban J connectivity index is 1.78. The molecule has 0 saturated carbocycles. The predicted molar refractivity (Wildman–Crippen MR) is 80.4 cm³/mol. The summed E-state index contributed by atoms with van der Waals surface area (Å²) in [4.78, 5) is 20.4. The van der Waals surface area contributed by atoms with Crippen molar-refractivity contribution >= 4 is 11.6 Å². The molecule has 1 aromatic carbocycles. The fraction of sp³-hybridized carbons (Fsp3) is 0.0625. The van der Waals surface area contributed by atoms with Gasteiger partial charge in [-0.25, -0.2) is 14.4 Å². The molecular formula is C16H13FN4O. The number of carbonyl (C=O) groups excluding carboxylic acids is 1. The van der Waals surface area contributed by atoms with Crippen LogP contribution in [-0.4, -0.2) is 20.4 Å². The molecule has 0 aliphatic heterocycles. The molecule has 0 atom stereocenters. The van der Waals surface area contributed by atoms with Crippen LogP contribution < -0.4 is 5.32 Å². The molecule has 2 aromatic heterocycles. The van der Waals surface area contributed by atoms with E-state index in [1.165, 1.54) is 24.4 Å². The molecule has 0 fully saturated rings. The maximum atomic E-state index is 13.6. The van der Waals surface area contributed by atoms with Crippen LogP contribution in [0.5, 0.6) is 0 Å². The summed E-state index contributed by atoms with van der Waals surface area (Å²) in [6.07, 6.45) is 5.01. The van der Waals surface area contributed by atoms with Crippen LogP contribution in [0.3, 0.4) is 0 Å². The Kier molecular flexibility index (Phi) is 3.65. The number of hydrogen-bond donors (Lipinski definition) is 1. The van der Waals surface area contributed by atoms with E-state index in [9.17, 15) is 9.18 Å². The van der Waals surface area contributed by atoms with Crippen LogP contribution in [-0.2, 0) is 0 Å². The highest BCUT2D eigenvalue weighted by Gasteiger charge is 2.11. The number of aromatic nitrogens is 3. The first-order valence-electron chi connectivity index (χ1n) is 6.67. The van der Waals surface area contributed by atoms with Gasteiger partial charge in [0.25, 0.3) is 5.91 Å². The van der Waals surface area contributed by atoms with Gasteiger partial charge in [-0.05, 0) is 31.2 Å². The molecule has 1 amide bonds. The van der Waals surface area contributed by atoms with Gasteiger partial charge in [-0.1, -0.05) is 12.1 Å². The van der Waals surface area contributed by atoms with Crippen LogP contribution in [0.25, 0.3) is 5.82 Å². The van der Waals surface area contributed by atoms with E-state index in [1.807, 2.05) is 11.5 Å². The number of rotatable bonds is 3. The molecule has 22 heavy (non-hydrogen) atoms. The Hall–Kier alpha value is -3.02. The number of aryl methyl sites for hydroxylation is 1. The Bertz CT molecular complexity index is 811. The van der Waals surface area contributed by atoms with Crippen molar-refractivity contribution in [3.8, 4) is 5.82 Å². The van der Waals surface area contributed by atoms with Crippen molar-refractivity contribution in [3.05, 3.63) is 72.2 Å². The van der Waals surface area contributed by atoms with Crippen LogP contribution in [0.1, 0.15) is 16.2 Å². The van der Waals surface area contributed by atoms with Gasteiger partial charge in [0, 0.05) is 12.4 Å². The third kappa shape index (κ3) is 2.71. The van der Waals surface area contributed by atoms with Crippen molar-refractivity contribution in [2.45, 2.75) is 6.92 Å². The second kappa shape index (κ2) is 5.77. The van der Waals surface area contributed by atoms with Gasteiger partial charge >= 0.3 is 0 Å². The molecule has 6 heteroatoms. The molecule has 2 heterocycles. The number of benzene rings is 1. The number of imidazole rings is 1. The first kappa shape index (κ1) is 13.9. The molecule has 0 saturated heterocycles. The van der Waals surface area contributed by atoms with Gasteiger partial charge in [-0.2, -0.15) is 0 Å². The van der Waals surface area contributed by atoms with Gasteiger partial charge in [0.05, 0.1) is 17.4 Å². The zero-order chi connectivity index (χ0) is 15.5. The third-order valence-electron chi connectivity index (χ3n) is 3.20. The number of halogens is 1. The molecule has 0 bridgehead atoms. The number of amides is 1. The summed E-state index contributed by atoms with van der Waals surface area (Å²) < 4.78 is 15.4. The van der Waals surface area contributed by atoms with E-state index in [4.69, 9.17) is 0 Å². The minimum absolute atomic E-state index is 0.00275. The van der Waals surface area contributed by atoms with Gasteiger partial charge in [0.1, 0.15) is 17.5 Å². The fourth-order valence-electron chi connectivity index (χ4n) is 2.07. The van der Waals surface area contributed by atoms with E-state index >= 15 is 0 Å². The standard InChI is InChI=1S/C16H13FN4O/c1-11-18-8-9-21(11)15-7-6-12(10-19-15)20-16(22)13-4-2-3-5-14(13)17/h2-10H,1H3,(H,20,22). The number of carbonyl (C=O) groups is 1. The normalized spacial score (nSPS) is 10.5. The summed E-state index contributed by atoms with van der Waals surface area (Å²) in [7, 11) is 0. The maximum Gasteiger partial charge on any atom is 0.258 e. The molecule has 3 aromatic rings. The van der Waals surface area contributed by atoms with E-state index in [-0.39, 0.29) is 5.56 Å². The summed E-state index contributed by atoms with van der Waals surface area (Å²) in [5, 5.41) is 2.62. The number of hydrogen-bond acceptors (Lipinski definition) is 3. The maximum absolute atomic E-state index is 13.6. The van der Waals surface area contributed by atoms with Crippen LogP contribution in [0.15, 0.2) is 55.0 Å². The van der Waals surface area contributed by atoms with E-state index in [0.717, 1.165) is 5.82 Å². The van der Waals surface area contributed by atoms with Gasteiger partial charge in [0.15, 0.2) is 0 Å². The predicted octanol–water partition coefficient (Wildman–Crippen LogP) is 2.97. The fourth-order valence-corrected chi connectivity index (χ4v) is 2.07. The minimum Gasteiger partial charge on any atom is -0.320 e. The van der Waals surface area contributed by atoms with Crippen molar-refractivity contribution in [1.82, 2.24) is 14.5 Å². The molecule has 0 aliphatic carbocycles. The van der Waals surface area contributed by atoms with E-state index < -0.39 is 11.7 Å². The highest BCUT2D eigenvalue weighted by atomic mass is 19.1. The molecular weight excluding hydrogens is 283 g/mol. The zero-order valence-electron chi connectivity index (χ0n) is 11.8. The third-order valence-corrected chi connectivity index (χ3v) is 3.20. The summed E-state index contributed by atoms with van der Waals surface area (Å²) in [5.41, 5.74) is 0.492. The first-order valence-corrected chi connectivity index (χ1v) is 6.67. The van der Waals surface area contributed by atoms with E-state index in [2.05, 4.69) is 15.3 Å². The lowest BCUT2D eigenvalue weighted by atomic mass is 10.2. The summed E-state index contributed by atoms with van der Waals surface area (Å²) in [5.74, 6) is 0.444. The Morgan fingerprint density at radius 1 is 1.18 bits per heavy atom. The summed E-state index contributed by atoms with van der Waals surface area (Å²) in [6, 6.07) is 9.29. The SMILES string of the molecule is Cc1nccn1-c1ccc(NC(=O)c2ccccc2F)cn1. The van der Waals surface area contributed by atoms with Crippen LogP contribution in [0.4, 0.5) is 10.1 Å². The van der Waals surface area contributed by atoms with Crippen molar-refractivity contribution in [1.29, 1.82) is 0 Å². The average Bonchev–Trinajstić information content (AvgIpc) is 2.94. The second-order valence-electron chi connectivity index (χ2n) is 4.68. The molecule has 1 N–H and O–H groups in total. The number of nitrogens with one attached hydrogen (secondary N) is 1.